The van der Waals surface area contributed by atoms with E-state index in [2.05, 4.69) is 26.9 Å². The van der Waals surface area contributed by atoms with Crippen LogP contribution in [-0.4, -0.2) is 78.8 Å². The Hall–Kier alpha value is -1.69. The molecule has 0 unspecified atom stereocenters. The number of methoxy groups -OCH3 is 1. The minimum absolute atomic E-state index is 0.243. The lowest BCUT2D eigenvalue weighted by molar-refractivity contribution is -0.159. The molecule has 1 aliphatic rings. The molecule has 0 amide bonds. The maximum absolute atomic E-state index is 12.1. The number of benzene rings is 1. The Balaban J connectivity index is 0.000000568. The number of hydrogen-bond donors (Lipinski definition) is 2. The smallest absolute Gasteiger partial charge is 0.414 e. The zero-order chi connectivity index (χ0) is 21.3. The lowest BCUT2D eigenvalue weighted by atomic mass is 10.2. The summed E-state index contributed by atoms with van der Waals surface area (Å²) in [6.07, 6.45) is 0.664. The summed E-state index contributed by atoms with van der Waals surface area (Å²) in [5.74, 6) is -2.54. The van der Waals surface area contributed by atoms with Crippen LogP contribution in [0.1, 0.15) is 18.9 Å². The molecule has 0 spiro atoms. The SMILES string of the molecule is CCCS(=O)(=O)N1CCN(Cc2cc(Br)ccc2OC)CC1.O=C(O)C(=O)O. The monoisotopic (exact) mass is 480 g/mol. The van der Waals surface area contributed by atoms with Crippen molar-refractivity contribution in [1.82, 2.24) is 9.21 Å². The number of carboxylic acid groups (broad SMARTS) is 2. The predicted molar refractivity (Wildman–Crippen MR) is 107 cm³/mol. The molecular weight excluding hydrogens is 456 g/mol. The van der Waals surface area contributed by atoms with Gasteiger partial charge >= 0.3 is 11.9 Å². The molecule has 11 heteroatoms. The molecule has 1 aromatic carbocycles. The third kappa shape index (κ3) is 7.74. The molecule has 0 aromatic heterocycles. The van der Waals surface area contributed by atoms with Gasteiger partial charge in [0.2, 0.25) is 10.0 Å². The van der Waals surface area contributed by atoms with Crippen LogP contribution in [0.3, 0.4) is 0 Å². The number of hydrogen-bond acceptors (Lipinski definition) is 6. The van der Waals surface area contributed by atoms with Gasteiger partial charge in [-0.3, -0.25) is 4.90 Å². The Morgan fingerprint density at radius 2 is 1.71 bits per heavy atom. The molecule has 1 fully saturated rings. The van der Waals surface area contributed by atoms with Crippen LogP contribution in [0.25, 0.3) is 0 Å². The summed E-state index contributed by atoms with van der Waals surface area (Å²) in [5.41, 5.74) is 1.11. The van der Waals surface area contributed by atoms with Gasteiger partial charge in [-0.1, -0.05) is 22.9 Å². The second-order valence-corrected chi connectivity index (χ2v) is 9.06. The average molecular weight is 481 g/mol. The van der Waals surface area contributed by atoms with Crippen molar-refractivity contribution in [2.75, 3.05) is 39.0 Å². The molecule has 1 aliphatic heterocycles. The molecular formula is C17H25BrN2O7S. The Morgan fingerprint density at radius 3 is 2.18 bits per heavy atom. The molecule has 28 heavy (non-hydrogen) atoms. The van der Waals surface area contributed by atoms with Gasteiger partial charge in [-0.2, -0.15) is 4.31 Å². The molecule has 1 heterocycles. The number of carbonyl (C=O) groups is 2. The largest absolute Gasteiger partial charge is 0.496 e. The summed E-state index contributed by atoms with van der Waals surface area (Å²) in [7, 11) is -1.41. The maximum atomic E-state index is 12.1. The molecule has 9 nitrogen and oxygen atoms in total. The van der Waals surface area contributed by atoms with Gasteiger partial charge in [-0.25, -0.2) is 18.0 Å². The summed E-state index contributed by atoms with van der Waals surface area (Å²) in [6.45, 7) is 5.30. The van der Waals surface area contributed by atoms with E-state index in [4.69, 9.17) is 24.5 Å². The van der Waals surface area contributed by atoms with Gasteiger partial charge in [0.05, 0.1) is 12.9 Å². The van der Waals surface area contributed by atoms with Crippen molar-refractivity contribution in [2.24, 2.45) is 0 Å². The van der Waals surface area contributed by atoms with E-state index in [1.807, 2.05) is 19.1 Å². The first kappa shape index (κ1) is 24.3. The van der Waals surface area contributed by atoms with E-state index in [-0.39, 0.29) is 5.75 Å². The fourth-order valence-electron chi connectivity index (χ4n) is 2.66. The molecule has 0 saturated carbocycles. The zero-order valence-corrected chi connectivity index (χ0v) is 18.2. The molecule has 0 atom stereocenters. The third-order valence-electron chi connectivity index (χ3n) is 4.01. The highest BCUT2D eigenvalue weighted by molar-refractivity contribution is 9.10. The van der Waals surface area contributed by atoms with Gasteiger partial charge in [0.15, 0.2) is 0 Å². The fraction of sp³-hybridized carbons (Fsp3) is 0.529. The van der Waals surface area contributed by atoms with Gasteiger partial charge in [-0.05, 0) is 24.6 Å². The first-order valence-corrected chi connectivity index (χ1v) is 11.0. The topological polar surface area (TPSA) is 124 Å². The van der Waals surface area contributed by atoms with E-state index in [1.165, 1.54) is 0 Å². The van der Waals surface area contributed by atoms with E-state index in [0.717, 1.165) is 35.4 Å². The predicted octanol–water partition coefficient (Wildman–Crippen LogP) is 1.47. The van der Waals surface area contributed by atoms with E-state index < -0.39 is 22.0 Å². The second kappa shape index (κ2) is 11.3. The number of rotatable bonds is 6. The van der Waals surface area contributed by atoms with Gasteiger partial charge in [0.1, 0.15) is 5.75 Å². The summed E-state index contributed by atoms with van der Waals surface area (Å²) >= 11 is 3.48. The minimum atomic E-state index is -3.07. The molecule has 2 rings (SSSR count). The highest BCUT2D eigenvalue weighted by atomic mass is 79.9. The van der Waals surface area contributed by atoms with Gasteiger partial charge in [0.25, 0.3) is 0 Å². The second-order valence-electron chi connectivity index (χ2n) is 6.06. The number of halogens is 1. The summed E-state index contributed by atoms with van der Waals surface area (Å²) in [5, 5.41) is 14.8. The molecule has 0 radical (unpaired) electrons. The summed E-state index contributed by atoms with van der Waals surface area (Å²) in [6, 6.07) is 5.96. The maximum Gasteiger partial charge on any atom is 0.414 e. The average Bonchev–Trinajstić information content (AvgIpc) is 2.63. The van der Waals surface area contributed by atoms with Crippen molar-refractivity contribution in [3.05, 3.63) is 28.2 Å². The van der Waals surface area contributed by atoms with Crippen LogP contribution in [-0.2, 0) is 26.2 Å². The van der Waals surface area contributed by atoms with Crippen molar-refractivity contribution >= 4 is 37.9 Å². The minimum Gasteiger partial charge on any atom is -0.496 e. The van der Waals surface area contributed by atoms with E-state index in [0.29, 0.717) is 19.5 Å². The first-order chi connectivity index (χ1) is 13.1. The molecule has 158 valence electrons. The van der Waals surface area contributed by atoms with E-state index in [1.54, 1.807) is 11.4 Å². The van der Waals surface area contributed by atoms with Crippen molar-refractivity contribution in [1.29, 1.82) is 0 Å². The van der Waals surface area contributed by atoms with E-state index in [9.17, 15) is 8.42 Å². The Kier molecular flexibility index (Phi) is 9.87. The van der Waals surface area contributed by atoms with Crippen LogP contribution in [0, 0.1) is 0 Å². The van der Waals surface area contributed by atoms with Crippen LogP contribution >= 0.6 is 15.9 Å². The number of piperazine rings is 1. The van der Waals surface area contributed by atoms with E-state index >= 15 is 0 Å². The standard InChI is InChI=1S/C15H23BrN2O3S.C2H2O4/c1-3-10-22(19,20)18-8-6-17(7-9-18)12-13-11-14(16)4-5-15(13)21-2;3-1(4)2(5)6/h4-5,11H,3,6-10,12H2,1-2H3;(H,3,4)(H,5,6). The van der Waals surface area contributed by atoms with Crippen molar-refractivity contribution in [3.8, 4) is 5.75 Å². The number of nitrogens with zero attached hydrogens (tertiary/aromatic N) is 2. The fourth-order valence-corrected chi connectivity index (χ4v) is 4.57. The Bertz CT molecular complexity index is 766. The quantitative estimate of drug-likeness (QED) is 0.586. The molecule has 1 aromatic rings. The highest BCUT2D eigenvalue weighted by Gasteiger charge is 2.26. The highest BCUT2D eigenvalue weighted by Crippen LogP contribution is 2.25. The van der Waals surface area contributed by atoms with Gasteiger partial charge in [-0.15, -0.1) is 0 Å². The van der Waals surface area contributed by atoms with Gasteiger partial charge < -0.3 is 14.9 Å². The normalized spacial score (nSPS) is 15.4. The first-order valence-electron chi connectivity index (χ1n) is 8.59. The summed E-state index contributed by atoms with van der Waals surface area (Å²) < 4.78 is 32.2. The van der Waals surface area contributed by atoms with Crippen LogP contribution in [0.4, 0.5) is 0 Å². The van der Waals surface area contributed by atoms with Gasteiger partial charge in [0, 0.05) is 42.8 Å². The number of sulfonamides is 1. The van der Waals surface area contributed by atoms with Crippen molar-refractivity contribution in [3.63, 3.8) is 0 Å². The molecule has 1 saturated heterocycles. The van der Waals surface area contributed by atoms with Crippen LogP contribution in [0.15, 0.2) is 22.7 Å². The van der Waals surface area contributed by atoms with Crippen LogP contribution in [0.5, 0.6) is 5.75 Å². The summed E-state index contributed by atoms with van der Waals surface area (Å²) in [4.78, 5) is 20.5. The Morgan fingerprint density at radius 1 is 1.14 bits per heavy atom. The lowest BCUT2D eigenvalue weighted by Crippen LogP contribution is -2.48. The molecule has 0 aliphatic carbocycles. The molecule has 2 N–H and O–H groups in total. The van der Waals surface area contributed by atoms with Crippen LogP contribution in [0.2, 0.25) is 0 Å². The number of carboxylic acids is 2. The zero-order valence-electron chi connectivity index (χ0n) is 15.8. The lowest BCUT2D eigenvalue weighted by Gasteiger charge is -2.34. The molecule has 0 bridgehead atoms. The number of ether oxygens (including phenoxy) is 1. The Labute approximate surface area is 173 Å². The van der Waals surface area contributed by atoms with Crippen molar-refractivity contribution in [2.45, 2.75) is 19.9 Å². The third-order valence-corrected chi connectivity index (χ3v) is 6.58. The van der Waals surface area contributed by atoms with Crippen molar-refractivity contribution < 1.29 is 33.0 Å². The number of aliphatic carboxylic acids is 2. The van der Waals surface area contributed by atoms with Crippen LogP contribution < -0.4 is 4.74 Å².